The van der Waals surface area contributed by atoms with Crippen molar-refractivity contribution in [2.24, 2.45) is 5.92 Å². The predicted molar refractivity (Wildman–Crippen MR) is 47.6 cm³/mol. The molecule has 1 unspecified atom stereocenters. The first-order chi connectivity index (χ1) is 4.95. The normalized spacial score (nSPS) is 14.6. The maximum absolute atomic E-state index is 11.6. The molecule has 0 aliphatic rings. The number of carbonyl (C=O) groups is 1. The van der Waals surface area contributed by atoms with E-state index in [0.29, 0.717) is 5.78 Å². The molecule has 0 saturated heterocycles. The topological polar surface area (TPSA) is 29.1 Å². The fraction of sp³-hybridized carbons (Fsp3) is 0.889. The maximum Gasteiger partial charge on any atom is 0.155 e. The van der Waals surface area contributed by atoms with Crippen LogP contribution in [0.3, 0.4) is 0 Å². The predicted octanol–water partition coefficient (Wildman–Crippen LogP) is 1.60. The molecule has 1 atom stereocenters. The van der Waals surface area contributed by atoms with Crippen LogP contribution >= 0.6 is 0 Å². The molecule has 0 aromatic rings. The second kappa shape index (κ2) is 3.86. The van der Waals surface area contributed by atoms with E-state index in [1.807, 2.05) is 34.7 Å². The molecular weight excluding hydrogens is 138 g/mol. The van der Waals surface area contributed by atoms with Crippen LogP contribution in [-0.4, -0.2) is 18.4 Å². The van der Waals surface area contributed by atoms with Crippen LogP contribution in [0.15, 0.2) is 0 Å². The Balaban J connectivity index is 4.23. The molecule has 11 heavy (non-hydrogen) atoms. The Kier molecular flexibility index (Phi) is 3.73. The van der Waals surface area contributed by atoms with Gasteiger partial charge in [-0.2, -0.15) is 0 Å². The lowest BCUT2D eigenvalue weighted by Crippen LogP contribution is -2.47. The summed E-state index contributed by atoms with van der Waals surface area (Å²) < 4.78 is 0. The third-order valence-corrected chi connectivity index (χ3v) is 2.30. The Labute approximate surface area is 69.4 Å². The van der Waals surface area contributed by atoms with E-state index in [-0.39, 0.29) is 11.5 Å². The average molecular weight is 157 g/mol. The lowest BCUT2D eigenvalue weighted by atomic mass is 9.89. The Morgan fingerprint density at radius 3 is 2.27 bits per heavy atom. The van der Waals surface area contributed by atoms with Gasteiger partial charge in [-0.05, 0) is 27.3 Å². The number of rotatable bonds is 4. The maximum atomic E-state index is 11.6. The van der Waals surface area contributed by atoms with Gasteiger partial charge in [0, 0.05) is 5.92 Å². The minimum atomic E-state index is -0.366. The van der Waals surface area contributed by atoms with Crippen molar-refractivity contribution in [3.63, 3.8) is 0 Å². The van der Waals surface area contributed by atoms with Crippen molar-refractivity contribution in [3.05, 3.63) is 0 Å². The van der Waals surface area contributed by atoms with Gasteiger partial charge in [0.2, 0.25) is 0 Å². The highest BCUT2D eigenvalue weighted by Crippen LogP contribution is 2.13. The molecule has 1 N–H and O–H groups in total. The molecule has 0 aliphatic carbocycles. The molecule has 2 nitrogen and oxygen atoms in total. The third kappa shape index (κ3) is 2.62. The molecule has 0 fully saturated rings. The van der Waals surface area contributed by atoms with Crippen LogP contribution in [0.1, 0.15) is 34.1 Å². The minimum absolute atomic E-state index is 0.164. The lowest BCUT2D eigenvalue weighted by molar-refractivity contribution is -0.127. The highest BCUT2D eigenvalue weighted by Gasteiger charge is 2.28. The Hall–Kier alpha value is -0.370. The number of hydrogen-bond acceptors (Lipinski definition) is 2. The van der Waals surface area contributed by atoms with E-state index in [1.165, 1.54) is 0 Å². The summed E-state index contributed by atoms with van der Waals surface area (Å²) in [4.78, 5) is 11.6. The number of hydrogen-bond donors (Lipinski definition) is 1. The highest BCUT2D eigenvalue weighted by atomic mass is 16.1. The van der Waals surface area contributed by atoms with Crippen LogP contribution in [0.25, 0.3) is 0 Å². The Morgan fingerprint density at radius 2 is 2.00 bits per heavy atom. The molecular formula is C9H19NO. The van der Waals surface area contributed by atoms with Gasteiger partial charge >= 0.3 is 0 Å². The van der Waals surface area contributed by atoms with E-state index in [2.05, 4.69) is 5.32 Å². The minimum Gasteiger partial charge on any atom is -0.308 e. The summed E-state index contributed by atoms with van der Waals surface area (Å²) in [6, 6.07) is 0. The number of ketones is 1. The standard InChI is InChI=1S/C9H19NO/c1-6-7(2)8(11)9(3,4)10-5/h7,10H,6H2,1-5H3. The number of likely N-dealkylation sites (N-methyl/N-ethyl adjacent to an activating group) is 1. The van der Waals surface area contributed by atoms with E-state index >= 15 is 0 Å². The molecule has 0 spiro atoms. The zero-order valence-electron chi connectivity index (χ0n) is 8.19. The summed E-state index contributed by atoms with van der Waals surface area (Å²) in [5.41, 5.74) is -0.366. The average Bonchev–Trinajstić information content (AvgIpc) is 2.01. The van der Waals surface area contributed by atoms with Crippen molar-refractivity contribution < 1.29 is 4.79 Å². The van der Waals surface area contributed by atoms with E-state index in [4.69, 9.17) is 0 Å². The fourth-order valence-electron chi connectivity index (χ4n) is 0.925. The third-order valence-electron chi connectivity index (χ3n) is 2.30. The van der Waals surface area contributed by atoms with Crippen molar-refractivity contribution in [2.45, 2.75) is 39.7 Å². The zero-order chi connectivity index (χ0) is 9.07. The molecule has 0 aromatic heterocycles. The lowest BCUT2D eigenvalue weighted by Gasteiger charge is -2.25. The molecule has 0 aliphatic heterocycles. The SMILES string of the molecule is CCC(C)C(=O)C(C)(C)NC. The summed E-state index contributed by atoms with van der Waals surface area (Å²) in [5, 5.41) is 3.01. The zero-order valence-corrected chi connectivity index (χ0v) is 8.19. The second-order valence-corrected chi connectivity index (χ2v) is 3.55. The van der Waals surface area contributed by atoms with Gasteiger partial charge in [-0.25, -0.2) is 0 Å². The summed E-state index contributed by atoms with van der Waals surface area (Å²) in [7, 11) is 1.82. The molecule has 0 heterocycles. The van der Waals surface area contributed by atoms with Crippen molar-refractivity contribution in [1.82, 2.24) is 5.32 Å². The van der Waals surface area contributed by atoms with E-state index in [1.54, 1.807) is 0 Å². The molecule has 0 saturated carbocycles. The van der Waals surface area contributed by atoms with E-state index in [0.717, 1.165) is 6.42 Å². The Bertz CT molecular complexity index is 140. The smallest absolute Gasteiger partial charge is 0.155 e. The van der Waals surface area contributed by atoms with Gasteiger partial charge in [0.25, 0.3) is 0 Å². The van der Waals surface area contributed by atoms with Gasteiger partial charge in [0.15, 0.2) is 5.78 Å². The van der Waals surface area contributed by atoms with Crippen molar-refractivity contribution in [2.75, 3.05) is 7.05 Å². The van der Waals surface area contributed by atoms with Crippen molar-refractivity contribution >= 4 is 5.78 Å². The van der Waals surface area contributed by atoms with Gasteiger partial charge < -0.3 is 5.32 Å². The monoisotopic (exact) mass is 157 g/mol. The van der Waals surface area contributed by atoms with Crippen LogP contribution in [0.2, 0.25) is 0 Å². The summed E-state index contributed by atoms with van der Waals surface area (Å²) in [6.45, 7) is 7.85. The first kappa shape index (κ1) is 10.6. The molecule has 0 bridgehead atoms. The van der Waals surface area contributed by atoms with Crippen LogP contribution in [-0.2, 0) is 4.79 Å². The van der Waals surface area contributed by atoms with E-state index < -0.39 is 0 Å². The molecule has 0 rings (SSSR count). The van der Waals surface area contributed by atoms with Crippen LogP contribution in [0.4, 0.5) is 0 Å². The largest absolute Gasteiger partial charge is 0.308 e. The summed E-state index contributed by atoms with van der Waals surface area (Å²) >= 11 is 0. The summed E-state index contributed by atoms with van der Waals surface area (Å²) in [6.07, 6.45) is 0.921. The molecule has 0 radical (unpaired) electrons. The first-order valence-corrected chi connectivity index (χ1v) is 4.19. The second-order valence-electron chi connectivity index (χ2n) is 3.55. The number of Topliss-reactive ketones (excluding diaryl/α,β-unsaturated/α-hetero) is 1. The van der Waals surface area contributed by atoms with Gasteiger partial charge in [-0.15, -0.1) is 0 Å². The first-order valence-electron chi connectivity index (χ1n) is 4.19. The van der Waals surface area contributed by atoms with Gasteiger partial charge in [0.05, 0.1) is 5.54 Å². The van der Waals surface area contributed by atoms with Crippen LogP contribution < -0.4 is 5.32 Å². The van der Waals surface area contributed by atoms with Crippen molar-refractivity contribution in [1.29, 1.82) is 0 Å². The Morgan fingerprint density at radius 1 is 1.55 bits per heavy atom. The molecule has 66 valence electrons. The summed E-state index contributed by atoms with van der Waals surface area (Å²) in [5.74, 6) is 0.458. The highest BCUT2D eigenvalue weighted by molar-refractivity contribution is 5.89. The van der Waals surface area contributed by atoms with Crippen LogP contribution in [0, 0.1) is 5.92 Å². The van der Waals surface area contributed by atoms with E-state index in [9.17, 15) is 4.79 Å². The number of carbonyl (C=O) groups excluding carboxylic acids is 1. The molecule has 0 aromatic carbocycles. The fourth-order valence-corrected chi connectivity index (χ4v) is 0.925. The molecule has 0 amide bonds. The molecule has 2 heteroatoms. The van der Waals surface area contributed by atoms with Crippen LogP contribution in [0.5, 0.6) is 0 Å². The quantitative estimate of drug-likeness (QED) is 0.671. The van der Waals surface area contributed by atoms with Crippen molar-refractivity contribution in [3.8, 4) is 0 Å². The van der Waals surface area contributed by atoms with Gasteiger partial charge in [0.1, 0.15) is 0 Å². The van der Waals surface area contributed by atoms with Gasteiger partial charge in [-0.3, -0.25) is 4.79 Å². The number of nitrogens with one attached hydrogen (secondary N) is 1. The van der Waals surface area contributed by atoms with Gasteiger partial charge in [-0.1, -0.05) is 13.8 Å².